The molecule has 0 rings (SSSR count). The molecule has 1 unspecified atom stereocenters. The summed E-state index contributed by atoms with van der Waals surface area (Å²) in [6, 6.07) is 0. The maximum absolute atomic E-state index is 10.4. The maximum Gasteiger partial charge on any atom is 0.119 e. The Bertz CT molecular complexity index is 42.7. The number of hydrogen-bond donors (Lipinski definition) is 0. The van der Waals surface area contributed by atoms with Crippen molar-refractivity contribution < 1.29 is 4.55 Å². The number of rotatable bonds is 3. The predicted octanol–water partition coefficient (Wildman–Crippen LogP) is 0.0379. The Labute approximate surface area is 47.3 Å². The van der Waals surface area contributed by atoms with Gasteiger partial charge in [0.2, 0.25) is 0 Å². The zero-order valence-electron chi connectivity index (χ0n) is 4.44. The Morgan fingerprint density at radius 2 is 2.29 bits per heavy atom. The lowest BCUT2D eigenvalue weighted by molar-refractivity contribution is 0.596. The van der Waals surface area contributed by atoms with Crippen molar-refractivity contribution in [2.24, 2.45) is 0 Å². The van der Waals surface area contributed by atoms with Gasteiger partial charge in [0.25, 0.3) is 0 Å². The SMILES string of the molecule is CC[S+]([O-])CC[NH]. The fraction of sp³-hybridized carbons (Fsp3) is 1.00. The summed E-state index contributed by atoms with van der Waals surface area (Å²) in [5, 5.41) is 0. The molecule has 1 atom stereocenters. The highest BCUT2D eigenvalue weighted by Crippen LogP contribution is 1.85. The summed E-state index contributed by atoms with van der Waals surface area (Å²) in [4.78, 5) is 0. The highest BCUT2D eigenvalue weighted by atomic mass is 32.2. The molecule has 0 aromatic heterocycles. The van der Waals surface area contributed by atoms with E-state index in [1.807, 2.05) is 6.92 Å². The molecule has 43 valence electrons. The average molecular weight is 120 g/mol. The first-order valence-electron chi connectivity index (χ1n) is 2.30. The number of nitrogens with one attached hydrogen (secondary N) is 1. The Kier molecular flexibility index (Phi) is 4.60. The molecule has 0 saturated heterocycles. The van der Waals surface area contributed by atoms with Gasteiger partial charge in [-0.1, -0.05) is 11.2 Å². The monoisotopic (exact) mass is 120 g/mol. The maximum atomic E-state index is 10.4. The molecule has 0 fully saturated rings. The van der Waals surface area contributed by atoms with E-state index in [1.54, 1.807) is 0 Å². The van der Waals surface area contributed by atoms with Gasteiger partial charge < -0.3 is 4.55 Å². The minimum Gasteiger partial charge on any atom is -0.616 e. The molecule has 0 heterocycles. The van der Waals surface area contributed by atoms with E-state index >= 15 is 0 Å². The Morgan fingerprint density at radius 3 is 2.43 bits per heavy atom. The third-order valence-corrected chi connectivity index (χ3v) is 1.96. The lowest BCUT2D eigenvalue weighted by Gasteiger charge is -2.03. The van der Waals surface area contributed by atoms with Crippen LogP contribution in [0.25, 0.3) is 0 Å². The Hall–Kier alpha value is 0.270. The first-order chi connectivity index (χ1) is 3.31. The molecule has 1 radical (unpaired) electrons. The van der Waals surface area contributed by atoms with Crippen molar-refractivity contribution in [3.8, 4) is 0 Å². The Morgan fingerprint density at radius 1 is 1.71 bits per heavy atom. The van der Waals surface area contributed by atoms with Crippen LogP contribution in [0.3, 0.4) is 0 Å². The van der Waals surface area contributed by atoms with Gasteiger partial charge in [-0.2, -0.15) is 0 Å². The molecule has 0 aromatic carbocycles. The lowest BCUT2D eigenvalue weighted by atomic mass is 10.8. The molecule has 0 bridgehead atoms. The van der Waals surface area contributed by atoms with E-state index in [9.17, 15) is 4.55 Å². The van der Waals surface area contributed by atoms with E-state index in [-0.39, 0.29) is 0 Å². The molecular weight excluding hydrogens is 110 g/mol. The fourth-order valence-corrected chi connectivity index (χ4v) is 0.775. The third-order valence-electron chi connectivity index (χ3n) is 0.652. The third kappa shape index (κ3) is 4.12. The van der Waals surface area contributed by atoms with Gasteiger partial charge in [-0.25, -0.2) is 0 Å². The van der Waals surface area contributed by atoms with Crippen molar-refractivity contribution in [1.82, 2.24) is 5.73 Å². The van der Waals surface area contributed by atoms with Crippen molar-refractivity contribution in [1.29, 1.82) is 0 Å². The summed E-state index contributed by atoms with van der Waals surface area (Å²) >= 11 is -0.715. The minimum atomic E-state index is -0.715. The highest BCUT2D eigenvalue weighted by Gasteiger charge is 1.96. The second kappa shape index (κ2) is 4.43. The first-order valence-corrected chi connectivity index (χ1v) is 3.79. The lowest BCUT2D eigenvalue weighted by Crippen LogP contribution is -2.12. The average Bonchev–Trinajstić information content (AvgIpc) is 1.68. The van der Waals surface area contributed by atoms with Crippen LogP contribution in [0.1, 0.15) is 6.92 Å². The molecule has 7 heavy (non-hydrogen) atoms. The van der Waals surface area contributed by atoms with Crippen LogP contribution in [0.15, 0.2) is 0 Å². The van der Waals surface area contributed by atoms with Crippen LogP contribution in [-0.4, -0.2) is 22.6 Å². The van der Waals surface area contributed by atoms with Crippen LogP contribution in [0.2, 0.25) is 0 Å². The molecular formula is C4H10NOS. The Balaban J connectivity index is 2.83. The van der Waals surface area contributed by atoms with Crippen molar-refractivity contribution in [3.63, 3.8) is 0 Å². The van der Waals surface area contributed by atoms with Crippen LogP contribution in [-0.2, 0) is 11.2 Å². The van der Waals surface area contributed by atoms with E-state index in [0.29, 0.717) is 18.1 Å². The standard InChI is InChI=1S/C4H10NOS/c1-2-7(6)4-3-5/h5H,2-4H2,1H3. The van der Waals surface area contributed by atoms with Gasteiger partial charge in [0.15, 0.2) is 0 Å². The summed E-state index contributed by atoms with van der Waals surface area (Å²) in [6.45, 7) is 2.16. The van der Waals surface area contributed by atoms with Crippen LogP contribution >= 0.6 is 0 Å². The summed E-state index contributed by atoms with van der Waals surface area (Å²) in [6.07, 6.45) is 0. The van der Waals surface area contributed by atoms with Gasteiger partial charge in [0.05, 0.1) is 6.54 Å². The smallest absolute Gasteiger partial charge is 0.119 e. The summed E-state index contributed by atoms with van der Waals surface area (Å²) in [5.41, 5.74) is 6.64. The topological polar surface area (TPSA) is 46.9 Å². The normalized spacial score (nSPS) is 14.1. The van der Waals surface area contributed by atoms with Crippen LogP contribution in [0, 0.1) is 0 Å². The van der Waals surface area contributed by atoms with Gasteiger partial charge >= 0.3 is 0 Å². The fourth-order valence-electron chi connectivity index (χ4n) is 0.258. The van der Waals surface area contributed by atoms with Crippen molar-refractivity contribution >= 4 is 11.2 Å². The molecule has 0 spiro atoms. The van der Waals surface area contributed by atoms with Gasteiger partial charge in [0.1, 0.15) is 11.5 Å². The first kappa shape index (κ1) is 7.27. The predicted molar refractivity (Wildman–Crippen MR) is 31.5 cm³/mol. The molecule has 0 aliphatic rings. The molecule has 0 aliphatic heterocycles. The van der Waals surface area contributed by atoms with Crippen molar-refractivity contribution in [3.05, 3.63) is 0 Å². The second-order valence-corrected chi connectivity index (χ2v) is 3.05. The zero-order chi connectivity index (χ0) is 5.70. The van der Waals surface area contributed by atoms with Gasteiger partial charge in [-0.05, 0) is 6.92 Å². The second-order valence-electron chi connectivity index (χ2n) is 1.18. The summed E-state index contributed by atoms with van der Waals surface area (Å²) < 4.78 is 10.4. The molecule has 0 aromatic rings. The quantitative estimate of drug-likeness (QED) is 0.485. The van der Waals surface area contributed by atoms with Crippen molar-refractivity contribution in [2.45, 2.75) is 6.92 Å². The largest absolute Gasteiger partial charge is 0.616 e. The van der Waals surface area contributed by atoms with Crippen LogP contribution in [0.4, 0.5) is 0 Å². The minimum absolute atomic E-state index is 0.292. The molecule has 0 saturated carbocycles. The van der Waals surface area contributed by atoms with E-state index in [2.05, 4.69) is 0 Å². The van der Waals surface area contributed by atoms with Gasteiger partial charge in [0, 0.05) is 0 Å². The molecule has 2 nitrogen and oxygen atoms in total. The van der Waals surface area contributed by atoms with Crippen LogP contribution < -0.4 is 5.73 Å². The molecule has 0 amide bonds. The van der Waals surface area contributed by atoms with E-state index in [0.717, 1.165) is 0 Å². The van der Waals surface area contributed by atoms with Gasteiger partial charge in [-0.3, -0.25) is 5.73 Å². The summed E-state index contributed by atoms with van der Waals surface area (Å²) in [5.74, 6) is 1.23. The summed E-state index contributed by atoms with van der Waals surface area (Å²) in [7, 11) is 0. The molecule has 1 N–H and O–H groups in total. The van der Waals surface area contributed by atoms with Crippen LogP contribution in [0.5, 0.6) is 0 Å². The van der Waals surface area contributed by atoms with E-state index in [1.165, 1.54) is 0 Å². The van der Waals surface area contributed by atoms with Gasteiger partial charge in [-0.15, -0.1) is 0 Å². The van der Waals surface area contributed by atoms with E-state index < -0.39 is 11.2 Å². The van der Waals surface area contributed by atoms with Crippen molar-refractivity contribution in [2.75, 3.05) is 18.1 Å². The van der Waals surface area contributed by atoms with E-state index in [4.69, 9.17) is 5.73 Å². The highest BCUT2D eigenvalue weighted by molar-refractivity contribution is 7.91. The number of hydrogen-bond acceptors (Lipinski definition) is 1. The molecule has 3 heteroatoms. The zero-order valence-corrected chi connectivity index (χ0v) is 5.25. The molecule has 0 aliphatic carbocycles.